The van der Waals surface area contributed by atoms with Gasteiger partial charge in [0.15, 0.2) is 8.32 Å². The Morgan fingerprint density at radius 3 is 2.05 bits per heavy atom. The Morgan fingerprint density at radius 1 is 1.20 bits per heavy atom. The summed E-state index contributed by atoms with van der Waals surface area (Å²) in [5.41, 5.74) is 0. The van der Waals surface area contributed by atoms with Gasteiger partial charge in [0.1, 0.15) is 0 Å². The molecule has 1 aliphatic heterocycles. The summed E-state index contributed by atoms with van der Waals surface area (Å²) in [6.07, 6.45) is 0.731. The van der Waals surface area contributed by atoms with Gasteiger partial charge in [0, 0.05) is 25.9 Å². The molecule has 1 atom stereocenters. The Morgan fingerprint density at radius 2 is 1.65 bits per heavy atom. The van der Waals surface area contributed by atoms with Gasteiger partial charge >= 0.3 is 0 Å². The SMILES string of the molecule is C[C@@H](CO[Si](C)(C)C(C)(C)C)CP1(=O)N(C)CCN1C. The van der Waals surface area contributed by atoms with Crippen molar-refractivity contribution in [2.24, 2.45) is 5.92 Å². The van der Waals surface area contributed by atoms with Crippen LogP contribution < -0.4 is 0 Å². The molecule has 6 heteroatoms. The third-order valence-corrected chi connectivity index (χ3v) is 13.0. The van der Waals surface area contributed by atoms with Crippen molar-refractivity contribution >= 4 is 15.8 Å². The van der Waals surface area contributed by atoms with Crippen molar-refractivity contribution in [1.29, 1.82) is 0 Å². The van der Waals surface area contributed by atoms with Crippen LogP contribution in [0.4, 0.5) is 0 Å². The first-order valence-corrected chi connectivity index (χ1v) is 12.3. The van der Waals surface area contributed by atoms with Crippen LogP contribution in [0.3, 0.4) is 0 Å². The maximum atomic E-state index is 13.0. The van der Waals surface area contributed by atoms with Crippen molar-refractivity contribution in [3.8, 4) is 0 Å². The van der Waals surface area contributed by atoms with Crippen LogP contribution in [0.25, 0.3) is 0 Å². The van der Waals surface area contributed by atoms with Crippen LogP contribution in [-0.4, -0.2) is 57.6 Å². The highest BCUT2D eigenvalue weighted by atomic mass is 31.2. The molecule has 4 nitrogen and oxygen atoms in total. The first kappa shape index (κ1) is 18.4. The molecule has 0 saturated carbocycles. The molecule has 0 bridgehead atoms. The van der Waals surface area contributed by atoms with E-state index < -0.39 is 15.8 Å². The highest BCUT2D eigenvalue weighted by Crippen LogP contribution is 2.55. The summed E-state index contributed by atoms with van der Waals surface area (Å²) >= 11 is 0. The van der Waals surface area contributed by atoms with Gasteiger partial charge in [0.2, 0.25) is 7.44 Å². The zero-order valence-electron chi connectivity index (χ0n) is 14.6. The molecule has 1 saturated heterocycles. The Labute approximate surface area is 126 Å². The summed E-state index contributed by atoms with van der Waals surface area (Å²) in [6.45, 7) is 16.0. The summed E-state index contributed by atoms with van der Waals surface area (Å²) in [7, 11) is -0.0718. The fourth-order valence-electron chi connectivity index (χ4n) is 2.17. The van der Waals surface area contributed by atoms with Gasteiger partial charge in [-0.15, -0.1) is 0 Å². The van der Waals surface area contributed by atoms with E-state index in [1.54, 1.807) is 0 Å². The van der Waals surface area contributed by atoms with Crippen molar-refractivity contribution in [1.82, 2.24) is 9.34 Å². The molecule has 0 amide bonds. The van der Waals surface area contributed by atoms with Crippen LogP contribution in [0.1, 0.15) is 27.7 Å². The minimum atomic E-state index is -2.33. The minimum Gasteiger partial charge on any atom is -0.417 e. The lowest BCUT2D eigenvalue weighted by Gasteiger charge is -2.37. The first-order chi connectivity index (χ1) is 8.90. The van der Waals surface area contributed by atoms with Gasteiger partial charge in [-0.25, -0.2) is 9.34 Å². The normalized spacial score (nSPS) is 23.2. The molecular weight excluding hydrogens is 287 g/mol. The van der Waals surface area contributed by atoms with Crippen molar-refractivity contribution in [2.75, 3.05) is 40.0 Å². The predicted molar refractivity (Wildman–Crippen MR) is 90.0 cm³/mol. The second kappa shape index (κ2) is 6.21. The zero-order valence-corrected chi connectivity index (χ0v) is 16.5. The van der Waals surface area contributed by atoms with E-state index in [0.29, 0.717) is 5.92 Å². The molecule has 1 aliphatic rings. The molecule has 0 radical (unpaired) electrons. The van der Waals surface area contributed by atoms with Gasteiger partial charge in [-0.3, -0.25) is 4.57 Å². The second-order valence-electron chi connectivity index (χ2n) is 7.79. The van der Waals surface area contributed by atoms with E-state index in [1.165, 1.54) is 0 Å². The molecule has 1 rings (SSSR count). The van der Waals surface area contributed by atoms with E-state index >= 15 is 0 Å². The highest BCUT2D eigenvalue weighted by Gasteiger charge is 2.41. The molecule has 0 aliphatic carbocycles. The maximum Gasteiger partial charge on any atom is 0.216 e. The zero-order chi connectivity index (χ0) is 15.8. The van der Waals surface area contributed by atoms with E-state index in [-0.39, 0.29) is 5.04 Å². The molecule has 1 fully saturated rings. The van der Waals surface area contributed by atoms with E-state index in [2.05, 4.69) is 40.8 Å². The third kappa shape index (κ3) is 3.95. The molecule has 0 aromatic carbocycles. The number of likely N-dealkylation sites (N-methyl/N-ethyl adjacent to an activating group) is 2. The van der Waals surface area contributed by atoms with Crippen molar-refractivity contribution in [2.45, 2.75) is 45.8 Å². The average Bonchev–Trinajstić information content (AvgIpc) is 2.53. The number of rotatable bonds is 5. The van der Waals surface area contributed by atoms with Crippen LogP contribution in [0, 0.1) is 5.92 Å². The number of hydrogen-bond acceptors (Lipinski definition) is 2. The molecule has 0 spiro atoms. The van der Waals surface area contributed by atoms with Crippen LogP contribution in [-0.2, 0) is 8.99 Å². The molecule has 0 aromatic heterocycles. The molecular formula is C14H33N2O2PSi. The van der Waals surface area contributed by atoms with Crippen LogP contribution >= 0.6 is 7.44 Å². The molecule has 1 heterocycles. The molecule has 20 heavy (non-hydrogen) atoms. The van der Waals surface area contributed by atoms with Gasteiger partial charge in [-0.05, 0) is 38.1 Å². The van der Waals surface area contributed by atoms with Gasteiger partial charge in [0.25, 0.3) is 0 Å². The van der Waals surface area contributed by atoms with Crippen molar-refractivity contribution in [3.63, 3.8) is 0 Å². The van der Waals surface area contributed by atoms with Crippen LogP contribution in [0.15, 0.2) is 0 Å². The monoisotopic (exact) mass is 320 g/mol. The third-order valence-electron chi connectivity index (χ3n) is 4.90. The Hall–Kier alpha value is 0.327. The highest BCUT2D eigenvalue weighted by molar-refractivity contribution is 7.59. The van der Waals surface area contributed by atoms with E-state index in [0.717, 1.165) is 25.9 Å². The lowest BCUT2D eigenvalue weighted by Crippen LogP contribution is -2.42. The van der Waals surface area contributed by atoms with Gasteiger partial charge < -0.3 is 4.43 Å². The molecule has 0 N–H and O–H groups in total. The van der Waals surface area contributed by atoms with E-state index in [9.17, 15) is 4.57 Å². The van der Waals surface area contributed by atoms with Crippen molar-refractivity contribution in [3.05, 3.63) is 0 Å². The van der Waals surface area contributed by atoms with Gasteiger partial charge in [0.05, 0.1) is 0 Å². The summed E-state index contributed by atoms with van der Waals surface area (Å²) in [5.74, 6) is 0.331. The first-order valence-electron chi connectivity index (χ1n) is 7.56. The second-order valence-corrected chi connectivity index (χ2v) is 15.7. The van der Waals surface area contributed by atoms with Crippen LogP contribution in [0.5, 0.6) is 0 Å². The fraction of sp³-hybridized carbons (Fsp3) is 1.00. The maximum absolute atomic E-state index is 13.0. The molecule has 0 aromatic rings. The minimum absolute atomic E-state index is 0.234. The smallest absolute Gasteiger partial charge is 0.216 e. The van der Waals surface area contributed by atoms with Gasteiger partial charge in [-0.1, -0.05) is 27.7 Å². The molecule has 0 unspecified atom stereocenters. The molecule has 120 valence electrons. The van der Waals surface area contributed by atoms with Gasteiger partial charge in [-0.2, -0.15) is 0 Å². The van der Waals surface area contributed by atoms with Crippen molar-refractivity contribution < 1.29 is 8.99 Å². The summed E-state index contributed by atoms with van der Waals surface area (Å²) < 4.78 is 23.4. The Balaban J connectivity index is 2.57. The summed E-state index contributed by atoms with van der Waals surface area (Å²) in [5, 5.41) is 0.234. The average molecular weight is 320 g/mol. The Kier molecular flexibility index (Phi) is 5.71. The van der Waals surface area contributed by atoms with E-state index in [4.69, 9.17) is 4.43 Å². The standard InChI is InChI=1S/C14H33N2O2PSi/c1-13(11-18-20(7,8)14(2,3)4)12-19(17)15(5)9-10-16(19)6/h13H,9-12H2,1-8H3/t13-/m0/s1. The number of nitrogens with zero attached hydrogens (tertiary/aromatic N) is 2. The topological polar surface area (TPSA) is 32.8 Å². The predicted octanol–water partition coefficient (Wildman–Crippen LogP) is 3.71. The largest absolute Gasteiger partial charge is 0.417 e. The van der Waals surface area contributed by atoms with Crippen LogP contribution in [0.2, 0.25) is 18.1 Å². The van der Waals surface area contributed by atoms with E-state index in [1.807, 2.05) is 23.4 Å². The summed E-state index contributed by atoms with van der Waals surface area (Å²) in [4.78, 5) is 0. The lowest BCUT2D eigenvalue weighted by molar-refractivity contribution is 0.246. The fourth-order valence-corrected chi connectivity index (χ4v) is 6.10. The quantitative estimate of drug-likeness (QED) is 0.571. The Bertz CT molecular complexity index is 368. The number of hydrogen-bond donors (Lipinski definition) is 0. The summed E-state index contributed by atoms with van der Waals surface area (Å²) in [6, 6.07) is 0. The lowest BCUT2D eigenvalue weighted by atomic mass is 10.2.